The molecule has 0 heterocycles. The van der Waals surface area contributed by atoms with Crippen LogP contribution < -0.4 is 19.5 Å². The SMILES string of the molecule is COc1cc(/C=C/C(=O)NC(C)c2cccc(NS(C)(=O)=O)c2)ccc1OCC#N. The zero-order valence-corrected chi connectivity index (χ0v) is 17.7. The second-order valence-corrected chi connectivity index (χ2v) is 8.17. The monoisotopic (exact) mass is 429 g/mol. The molecule has 30 heavy (non-hydrogen) atoms. The number of anilines is 1. The van der Waals surface area contributed by atoms with Crippen LogP contribution in [0.4, 0.5) is 5.69 Å². The Morgan fingerprint density at radius 3 is 2.67 bits per heavy atom. The molecule has 2 rings (SSSR count). The summed E-state index contributed by atoms with van der Waals surface area (Å²) >= 11 is 0. The van der Waals surface area contributed by atoms with E-state index < -0.39 is 10.0 Å². The van der Waals surface area contributed by atoms with Crippen LogP contribution >= 0.6 is 0 Å². The van der Waals surface area contributed by atoms with Crippen molar-refractivity contribution in [2.45, 2.75) is 13.0 Å². The quantitative estimate of drug-likeness (QED) is 0.592. The number of hydrogen-bond donors (Lipinski definition) is 2. The van der Waals surface area contributed by atoms with Gasteiger partial charge in [-0.2, -0.15) is 5.26 Å². The Balaban J connectivity index is 2.04. The molecule has 0 fully saturated rings. The van der Waals surface area contributed by atoms with Crippen molar-refractivity contribution in [2.75, 3.05) is 24.7 Å². The lowest BCUT2D eigenvalue weighted by Gasteiger charge is -2.14. The molecule has 0 radical (unpaired) electrons. The van der Waals surface area contributed by atoms with E-state index in [-0.39, 0.29) is 18.6 Å². The van der Waals surface area contributed by atoms with Crippen molar-refractivity contribution in [3.63, 3.8) is 0 Å². The Labute approximate surface area is 176 Å². The highest BCUT2D eigenvalue weighted by atomic mass is 32.2. The van der Waals surface area contributed by atoms with Crippen molar-refractivity contribution in [1.82, 2.24) is 5.32 Å². The molecule has 2 aromatic carbocycles. The van der Waals surface area contributed by atoms with E-state index in [0.717, 1.165) is 17.4 Å². The number of hydrogen-bond acceptors (Lipinski definition) is 6. The molecule has 0 aliphatic heterocycles. The van der Waals surface area contributed by atoms with Crippen molar-refractivity contribution in [3.05, 3.63) is 59.7 Å². The molecule has 9 heteroatoms. The number of nitrogens with one attached hydrogen (secondary N) is 2. The molecule has 1 atom stereocenters. The molecule has 0 saturated carbocycles. The van der Waals surface area contributed by atoms with E-state index in [4.69, 9.17) is 14.7 Å². The summed E-state index contributed by atoms with van der Waals surface area (Å²) in [6.45, 7) is 1.71. The third-order valence-corrected chi connectivity index (χ3v) is 4.56. The van der Waals surface area contributed by atoms with E-state index in [0.29, 0.717) is 17.2 Å². The van der Waals surface area contributed by atoms with E-state index in [1.165, 1.54) is 13.2 Å². The molecule has 0 saturated heterocycles. The highest BCUT2D eigenvalue weighted by Gasteiger charge is 2.10. The first kappa shape index (κ1) is 22.8. The summed E-state index contributed by atoms with van der Waals surface area (Å²) in [7, 11) is -1.89. The number of ether oxygens (including phenoxy) is 2. The fourth-order valence-corrected chi connectivity index (χ4v) is 3.17. The first-order chi connectivity index (χ1) is 14.2. The predicted octanol–water partition coefficient (Wildman–Crippen LogP) is 2.86. The number of rotatable bonds is 9. The number of carbonyl (C=O) groups is 1. The van der Waals surface area contributed by atoms with Crippen LogP contribution in [-0.4, -0.2) is 34.3 Å². The van der Waals surface area contributed by atoms with Crippen LogP contribution in [0.1, 0.15) is 24.1 Å². The number of nitrogens with zero attached hydrogens (tertiary/aromatic N) is 1. The molecule has 0 aliphatic rings. The minimum Gasteiger partial charge on any atom is -0.493 e. The van der Waals surface area contributed by atoms with Crippen molar-refractivity contribution in [2.24, 2.45) is 0 Å². The Morgan fingerprint density at radius 2 is 2.00 bits per heavy atom. The van der Waals surface area contributed by atoms with E-state index in [2.05, 4.69) is 10.0 Å². The zero-order chi connectivity index (χ0) is 22.1. The molecule has 8 nitrogen and oxygen atoms in total. The van der Waals surface area contributed by atoms with Crippen LogP contribution in [0.3, 0.4) is 0 Å². The van der Waals surface area contributed by atoms with Gasteiger partial charge in [0.15, 0.2) is 18.1 Å². The number of amides is 1. The number of sulfonamides is 1. The lowest BCUT2D eigenvalue weighted by molar-refractivity contribution is -0.117. The van der Waals surface area contributed by atoms with Crippen LogP contribution in [-0.2, 0) is 14.8 Å². The highest BCUT2D eigenvalue weighted by Crippen LogP contribution is 2.28. The van der Waals surface area contributed by atoms with Gasteiger partial charge in [-0.05, 0) is 48.4 Å². The van der Waals surface area contributed by atoms with Crippen LogP contribution in [0.25, 0.3) is 6.08 Å². The fourth-order valence-electron chi connectivity index (χ4n) is 2.62. The number of methoxy groups -OCH3 is 1. The highest BCUT2D eigenvalue weighted by molar-refractivity contribution is 7.92. The zero-order valence-electron chi connectivity index (χ0n) is 16.9. The Kier molecular flexibility index (Phi) is 7.83. The summed E-state index contributed by atoms with van der Waals surface area (Å²) in [6, 6.07) is 13.5. The van der Waals surface area contributed by atoms with Gasteiger partial charge >= 0.3 is 0 Å². The van der Waals surface area contributed by atoms with E-state index in [1.807, 2.05) is 6.07 Å². The molecule has 2 aromatic rings. The third-order valence-electron chi connectivity index (χ3n) is 3.96. The van der Waals surface area contributed by atoms with Crippen molar-refractivity contribution < 1.29 is 22.7 Å². The molecular weight excluding hydrogens is 406 g/mol. The average Bonchev–Trinajstić information content (AvgIpc) is 2.69. The summed E-state index contributed by atoms with van der Waals surface area (Å²) in [5.41, 5.74) is 1.90. The average molecular weight is 429 g/mol. The van der Waals surface area contributed by atoms with Gasteiger partial charge in [-0.15, -0.1) is 0 Å². The molecular formula is C21H23N3O5S. The molecule has 1 unspecified atom stereocenters. The Bertz CT molecular complexity index is 1070. The van der Waals surface area contributed by atoms with Crippen LogP contribution in [0.5, 0.6) is 11.5 Å². The van der Waals surface area contributed by atoms with Crippen molar-refractivity contribution in [3.8, 4) is 17.6 Å². The maximum atomic E-state index is 12.3. The van der Waals surface area contributed by atoms with Gasteiger partial charge in [0, 0.05) is 11.8 Å². The predicted molar refractivity (Wildman–Crippen MR) is 115 cm³/mol. The normalized spacial score (nSPS) is 12.1. The molecule has 0 bridgehead atoms. The fraction of sp³-hybridized carbons (Fsp3) is 0.238. The minimum absolute atomic E-state index is 0.0905. The van der Waals surface area contributed by atoms with Crippen LogP contribution in [0, 0.1) is 11.3 Å². The first-order valence-corrected chi connectivity index (χ1v) is 10.8. The maximum absolute atomic E-state index is 12.3. The van der Waals surface area contributed by atoms with Crippen molar-refractivity contribution in [1.29, 1.82) is 5.26 Å². The molecule has 2 N–H and O–H groups in total. The standard InChI is InChI=1S/C21H23N3O5S/c1-15(17-5-4-6-18(14-17)24-30(3,26)27)23-21(25)10-8-16-7-9-19(29-12-11-22)20(13-16)28-2/h4-10,13-15,24H,12H2,1-3H3,(H,23,25)/b10-8+. The van der Waals surface area contributed by atoms with E-state index in [1.54, 1.807) is 55.5 Å². The second kappa shape index (κ2) is 10.3. The molecule has 1 amide bonds. The largest absolute Gasteiger partial charge is 0.493 e. The Hall–Kier alpha value is -3.51. The number of nitriles is 1. The summed E-state index contributed by atoms with van der Waals surface area (Å²) in [5.74, 6) is 0.584. The van der Waals surface area contributed by atoms with Gasteiger partial charge in [0.1, 0.15) is 6.07 Å². The molecule has 158 valence electrons. The summed E-state index contributed by atoms with van der Waals surface area (Å²) < 4.78 is 35.7. The first-order valence-electron chi connectivity index (χ1n) is 8.96. The van der Waals surface area contributed by atoms with Gasteiger partial charge in [-0.3, -0.25) is 9.52 Å². The number of benzene rings is 2. The van der Waals surface area contributed by atoms with Gasteiger partial charge < -0.3 is 14.8 Å². The maximum Gasteiger partial charge on any atom is 0.244 e. The molecule has 0 spiro atoms. The van der Waals surface area contributed by atoms with Crippen molar-refractivity contribution >= 4 is 27.7 Å². The Morgan fingerprint density at radius 1 is 1.23 bits per heavy atom. The smallest absolute Gasteiger partial charge is 0.244 e. The van der Waals surface area contributed by atoms with Gasteiger partial charge in [0.25, 0.3) is 0 Å². The van der Waals surface area contributed by atoms with Gasteiger partial charge in [0.2, 0.25) is 15.9 Å². The van der Waals surface area contributed by atoms with Crippen LogP contribution in [0.15, 0.2) is 48.5 Å². The van der Waals surface area contributed by atoms with Crippen LogP contribution in [0.2, 0.25) is 0 Å². The van der Waals surface area contributed by atoms with Gasteiger partial charge in [0.05, 0.1) is 19.4 Å². The molecule has 0 aliphatic carbocycles. The second-order valence-electron chi connectivity index (χ2n) is 6.42. The number of carbonyl (C=O) groups excluding carboxylic acids is 1. The third kappa shape index (κ3) is 7.14. The topological polar surface area (TPSA) is 118 Å². The van der Waals surface area contributed by atoms with E-state index >= 15 is 0 Å². The van der Waals surface area contributed by atoms with Gasteiger partial charge in [-0.25, -0.2) is 8.42 Å². The molecule has 0 aromatic heterocycles. The summed E-state index contributed by atoms with van der Waals surface area (Å²) in [5, 5.41) is 11.4. The summed E-state index contributed by atoms with van der Waals surface area (Å²) in [6.07, 6.45) is 4.09. The van der Waals surface area contributed by atoms with Gasteiger partial charge in [-0.1, -0.05) is 18.2 Å². The van der Waals surface area contributed by atoms with E-state index in [9.17, 15) is 13.2 Å². The minimum atomic E-state index is -3.38. The lowest BCUT2D eigenvalue weighted by atomic mass is 10.1. The lowest BCUT2D eigenvalue weighted by Crippen LogP contribution is -2.24. The summed E-state index contributed by atoms with van der Waals surface area (Å²) in [4.78, 5) is 12.3.